The summed E-state index contributed by atoms with van der Waals surface area (Å²) in [7, 11) is 0. The summed E-state index contributed by atoms with van der Waals surface area (Å²) in [5.74, 6) is 7.03. The minimum absolute atomic E-state index is 0.774. The summed E-state index contributed by atoms with van der Waals surface area (Å²) in [5, 5.41) is 3.60. The third-order valence-corrected chi connectivity index (χ3v) is 3.28. The fraction of sp³-hybridized carbons (Fsp3) is 0.846. The van der Waals surface area contributed by atoms with E-state index in [-0.39, 0.29) is 0 Å². The van der Waals surface area contributed by atoms with Crippen LogP contribution >= 0.6 is 0 Å². The van der Waals surface area contributed by atoms with Gasteiger partial charge < -0.3 is 5.32 Å². The van der Waals surface area contributed by atoms with Crippen LogP contribution in [0.1, 0.15) is 52.4 Å². The van der Waals surface area contributed by atoms with Gasteiger partial charge in [-0.2, -0.15) is 0 Å². The first-order valence-electron chi connectivity index (χ1n) is 5.99. The van der Waals surface area contributed by atoms with Gasteiger partial charge >= 0.3 is 0 Å². The van der Waals surface area contributed by atoms with Crippen LogP contribution < -0.4 is 5.32 Å². The highest BCUT2D eigenvalue weighted by Crippen LogP contribution is 2.26. The van der Waals surface area contributed by atoms with Gasteiger partial charge in [0.2, 0.25) is 0 Å². The standard InChI is InChI=1S/C13H23N/c1-3-5-6-11-14-13-9-7-12(4-2)8-10-13/h12-14H,4,6-11H2,1-2H3. The molecule has 1 heteroatoms. The van der Waals surface area contributed by atoms with Crippen LogP contribution in [0.25, 0.3) is 0 Å². The molecule has 0 aromatic rings. The average molecular weight is 193 g/mol. The molecule has 1 N–H and O–H groups in total. The van der Waals surface area contributed by atoms with E-state index < -0.39 is 0 Å². The second-order valence-corrected chi connectivity index (χ2v) is 4.26. The minimum Gasteiger partial charge on any atom is -0.313 e. The zero-order valence-corrected chi connectivity index (χ0v) is 9.60. The highest BCUT2D eigenvalue weighted by molar-refractivity contribution is 4.95. The van der Waals surface area contributed by atoms with Gasteiger partial charge in [0.1, 0.15) is 0 Å². The normalized spacial score (nSPS) is 26.7. The molecule has 0 bridgehead atoms. The SMILES string of the molecule is CC#CCCNC1CCC(CC)CC1. The van der Waals surface area contributed by atoms with Crippen molar-refractivity contribution < 1.29 is 0 Å². The Labute approximate surface area is 88.7 Å². The second-order valence-electron chi connectivity index (χ2n) is 4.26. The zero-order valence-electron chi connectivity index (χ0n) is 9.60. The number of hydrogen-bond acceptors (Lipinski definition) is 1. The van der Waals surface area contributed by atoms with E-state index in [1.54, 1.807) is 0 Å². The lowest BCUT2D eigenvalue weighted by molar-refractivity contribution is 0.288. The van der Waals surface area contributed by atoms with Crippen molar-refractivity contribution >= 4 is 0 Å². The van der Waals surface area contributed by atoms with Gasteiger partial charge in [-0.05, 0) is 38.5 Å². The highest BCUT2D eigenvalue weighted by Gasteiger charge is 2.18. The summed E-state index contributed by atoms with van der Waals surface area (Å²) in [6.45, 7) is 5.30. The van der Waals surface area contributed by atoms with Gasteiger partial charge in [-0.15, -0.1) is 11.8 Å². The van der Waals surface area contributed by atoms with E-state index in [1.165, 1.54) is 32.1 Å². The van der Waals surface area contributed by atoms with Gasteiger partial charge in [0, 0.05) is 19.0 Å². The maximum atomic E-state index is 3.60. The molecule has 0 amide bonds. The maximum Gasteiger partial charge on any atom is 0.0214 e. The molecule has 80 valence electrons. The third kappa shape index (κ3) is 4.15. The van der Waals surface area contributed by atoms with E-state index in [0.29, 0.717) is 0 Å². The summed E-state index contributed by atoms with van der Waals surface area (Å²) in [6.07, 6.45) is 7.97. The molecule has 0 aliphatic heterocycles. The van der Waals surface area contributed by atoms with Gasteiger partial charge in [0.15, 0.2) is 0 Å². The fourth-order valence-corrected chi connectivity index (χ4v) is 2.24. The van der Waals surface area contributed by atoms with Crippen molar-refractivity contribution in [2.24, 2.45) is 5.92 Å². The largest absolute Gasteiger partial charge is 0.313 e. The quantitative estimate of drug-likeness (QED) is 0.534. The molecule has 0 atom stereocenters. The molecule has 0 unspecified atom stereocenters. The molecule has 1 rings (SSSR count). The summed E-state index contributed by atoms with van der Waals surface area (Å²) < 4.78 is 0. The van der Waals surface area contributed by atoms with Crippen molar-refractivity contribution in [3.8, 4) is 11.8 Å². The molecular formula is C13H23N. The Balaban J connectivity index is 2.06. The van der Waals surface area contributed by atoms with Gasteiger partial charge in [-0.25, -0.2) is 0 Å². The Hall–Kier alpha value is -0.480. The molecule has 0 spiro atoms. The lowest BCUT2D eigenvalue weighted by Crippen LogP contribution is -2.33. The first-order valence-corrected chi connectivity index (χ1v) is 5.99. The lowest BCUT2D eigenvalue weighted by Gasteiger charge is -2.28. The smallest absolute Gasteiger partial charge is 0.0214 e. The van der Waals surface area contributed by atoms with Crippen LogP contribution in [0.3, 0.4) is 0 Å². The predicted octanol–water partition coefficient (Wildman–Crippen LogP) is 2.96. The van der Waals surface area contributed by atoms with Crippen LogP contribution in [0.5, 0.6) is 0 Å². The molecule has 0 radical (unpaired) electrons. The van der Waals surface area contributed by atoms with Crippen molar-refractivity contribution in [3.05, 3.63) is 0 Å². The molecule has 0 heterocycles. The van der Waals surface area contributed by atoms with Gasteiger partial charge in [0.05, 0.1) is 0 Å². The summed E-state index contributed by atoms with van der Waals surface area (Å²) in [4.78, 5) is 0. The van der Waals surface area contributed by atoms with Crippen LogP contribution in [0.4, 0.5) is 0 Å². The molecular weight excluding hydrogens is 170 g/mol. The Morgan fingerprint density at radius 2 is 1.93 bits per heavy atom. The van der Waals surface area contributed by atoms with Crippen LogP contribution in [0.2, 0.25) is 0 Å². The van der Waals surface area contributed by atoms with Gasteiger partial charge in [-0.1, -0.05) is 13.3 Å². The van der Waals surface area contributed by atoms with E-state index in [2.05, 4.69) is 24.1 Å². The predicted molar refractivity (Wildman–Crippen MR) is 62.1 cm³/mol. The molecule has 1 saturated carbocycles. The Kier molecular flexibility index (Phi) is 5.71. The molecule has 1 nitrogen and oxygen atoms in total. The van der Waals surface area contributed by atoms with Crippen LogP contribution in [0, 0.1) is 17.8 Å². The number of rotatable bonds is 4. The van der Waals surface area contributed by atoms with Crippen molar-refractivity contribution in [3.63, 3.8) is 0 Å². The number of nitrogens with one attached hydrogen (secondary N) is 1. The average Bonchev–Trinajstić information content (AvgIpc) is 2.25. The Bertz CT molecular complexity index is 191. The maximum absolute atomic E-state index is 3.60. The molecule has 0 aromatic heterocycles. The molecule has 1 aliphatic rings. The van der Waals surface area contributed by atoms with Crippen molar-refractivity contribution in [1.29, 1.82) is 0 Å². The van der Waals surface area contributed by atoms with Crippen molar-refractivity contribution in [2.75, 3.05) is 6.54 Å². The molecule has 0 aromatic carbocycles. The van der Waals surface area contributed by atoms with E-state index in [4.69, 9.17) is 0 Å². The van der Waals surface area contributed by atoms with E-state index >= 15 is 0 Å². The minimum atomic E-state index is 0.774. The van der Waals surface area contributed by atoms with Crippen LogP contribution in [-0.2, 0) is 0 Å². The summed E-state index contributed by atoms with van der Waals surface area (Å²) in [6, 6.07) is 0.774. The lowest BCUT2D eigenvalue weighted by atomic mass is 9.84. The third-order valence-electron chi connectivity index (χ3n) is 3.28. The van der Waals surface area contributed by atoms with Crippen molar-refractivity contribution in [1.82, 2.24) is 5.32 Å². The van der Waals surface area contributed by atoms with Crippen molar-refractivity contribution in [2.45, 2.75) is 58.4 Å². The molecule has 1 aliphatic carbocycles. The topological polar surface area (TPSA) is 12.0 Å². The summed E-state index contributed by atoms with van der Waals surface area (Å²) >= 11 is 0. The second kappa shape index (κ2) is 6.90. The molecule has 0 saturated heterocycles. The van der Waals surface area contributed by atoms with E-state index in [0.717, 1.165) is 24.9 Å². The first kappa shape index (κ1) is 11.6. The Morgan fingerprint density at radius 1 is 1.21 bits per heavy atom. The zero-order chi connectivity index (χ0) is 10.2. The van der Waals surface area contributed by atoms with Gasteiger partial charge in [-0.3, -0.25) is 0 Å². The van der Waals surface area contributed by atoms with Gasteiger partial charge in [0.25, 0.3) is 0 Å². The van der Waals surface area contributed by atoms with Crippen LogP contribution in [0.15, 0.2) is 0 Å². The first-order chi connectivity index (χ1) is 6.86. The summed E-state index contributed by atoms with van der Waals surface area (Å²) in [5.41, 5.74) is 0. The van der Waals surface area contributed by atoms with E-state index in [9.17, 15) is 0 Å². The number of hydrogen-bond donors (Lipinski definition) is 1. The monoisotopic (exact) mass is 193 g/mol. The Morgan fingerprint density at radius 3 is 2.50 bits per heavy atom. The van der Waals surface area contributed by atoms with Crippen LogP contribution in [-0.4, -0.2) is 12.6 Å². The molecule has 14 heavy (non-hydrogen) atoms. The highest BCUT2D eigenvalue weighted by atomic mass is 14.9. The molecule has 1 fully saturated rings. The van der Waals surface area contributed by atoms with E-state index in [1.807, 2.05) is 6.92 Å². The fourth-order valence-electron chi connectivity index (χ4n) is 2.24.